The van der Waals surface area contributed by atoms with E-state index in [9.17, 15) is 0 Å². The topological polar surface area (TPSA) is 21.3 Å². The van der Waals surface area contributed by atoms with Gasteiger partial charge in [-0.2, -0.15) is 0 Å². The lowest BCUT2D eigenvalue weighted by atomic mass is 9.71. The molecular weight excluding hydrogens is 186 g/mol. The average molecular weight is 205 g/mol. The van der Waals surface area contributed by atoms with Crippen LogP contribution in [-0.2, 0) is 4.74 Å². The average Bonchev–Trinajstić information content (AvgIpc) is 2.30. The number of fused-ring (bicyclic) bond motifs is 1. The van der Waals surface area contributed by atoms with Gasteiger partial charge < -0.3 is 10.1 Å². The molecule has 2 fully saturated rings. The first-order chi connectivity index (χ1) is 7.38. The lowest BCUT2D eigenvalue weighted by molar-refractivity contribution is -0.00739. The predicted octanol–water partition coefficient (Wildman–Crippen LogP) is 2.24. The molecule has 2 saturated heterocycles. The van der Waals surface area contributed by atoms with Gasteiger partial charge in [0.15, 0.2) is 0 Å². The molecule has 2 heterocycles. The van der Waals surface area contributed by atoms with E-state index >= 15 is 0 Å². The minimum absolute atomic E-state index is 0.436. The number of allylic oxidation sites excluding steroid dienone is 4. The van der Waals surface area contributed by atoms with E-state index in [1.54, 1.807) is 0 Å². The fraction of sp³-hybridized carbons (Fsp3) is 0.692. The second-order valence-corrected chi connectivity index (χ2v) is 5.20. The van der Waals surface area contributed by atoms with Crippen molar-refractivity contribution >= 4 is 0 Å². The zero-order valence-corrected chi connectivity index (χ0v) is 9.17. The van der Waals surface area contributed by atoms with E-state index in [0.717, 1.165) is 13.2 Å². The highest BCUT2D eigenvalue weighted by Gasteiger charge is 2.40. The van der Waals surface area contributed by atoms with E-state index in [1.807, 2.05) is 0 Å². The standard InChI is InChI=1S/C13H19NO/c1-2-5-12-11(4-1)8-13(10-15-12)6-3-7-14-9-13/h1-2,5,11,14H,3-4,6-10H2. The molecule has 0 saturated carbocycles. The Morgan fingerprint density at radius 1 is 1.47 bits per heavy atom. The van der Waals surface area contributed by atoms with Gasteiger partial charge in [0.1, 0.15) is 0 Å². The van der Waals surface area contributed by atoms with E-state index in [0.29, 0.717) is 11.3 Å². The van der Waals surface area contributed by atoms with Crippen molar-refractivity contribution in [2.45, 2.75) is 25.7 Å². The van der Waals surface area contributed by atoms with Gasteiger partial charge in [0.05, 0.1) is 12.4 Å². The second kappa shape index (κ2) is 3.67. The van der Waals surface area contributed by atoms with Crippen LogP contribution in [0.3, 0.4) is 0 Å². The summed E-state index contributed by atoms with van der Waals surface area (Å²) in [6, 6.07) is 0. The molecular formula is C13H19NO. The molecule has 82 valence electrons. The summed E-state index contributed by atoms with van der Waals surface area (Å²) in [4.78, 5) is 0. The fourth-order valence-electron chi connectivity index (χ4n) is 3.15. The van der Waals surface area contributed by atoms with Gasteiger partial charge in [-0.1, -0.05) is 12.2 Å². The van der Waals surface area contributed by atoms with Crippen LogP contribution in [0.5, 0.6) is 0 Å². The smallest absolute Gasteiger partial charge is 0.0994 e. The van der Waals surface area contributed by atoms with E-state index in [4.69, 9.17) is 4.74 Å². The van der Waals surface area contributed by atoms with E-state index in [2.05, 4.69) is 23.5 Å². The van der Waals surface area contributed by atoms with Crippen molar-refractivity contribution in [3.05, 3.63) is 24.0 Å². The Balaban J connectivity index is 1.75. The van der Waals surface area contributed by atoms with Gasteiger partial charge in [-0.15, -0.1) is 0 Å². The minimum Gasteiger partial charge on any atom is -0.497 e. The van der Waals surface area contributed by atoms with Crippen LogP contribution < -0.4 is 5.32 Å². The molecule has 0 aromatic rings. The SMILES string of the molecule is C1=CCC2CC3(CCCNC3)COC2=C1. The van der Waals surface area contributed by atoms with Crippen molar-refractivity contribution in [3.63, 3.8) is 0 Å². The highest BCUT2D eigenvalue weighted by Crippen LogP contribution is 2.43. The van der Waals surface area contributed by atoms with Crippen molar-refractivity contribution < 1.29 is 4.74 Å². The largest absolute Gasteiger partial charge is 0.497 e. The highest BCUT2D eigenvalue weighted by atomic mass is 16.5. The molecule has 2 heteroatoms. The zero-order chi connectivity index (χ0) is 10.1. The van der Waals surface area contributed by atoms with Gasteiger partial charge in [0.2, 0.25) is 0 Å². The molecule has 0 radical (unpaired) electrons. The molecule has 0 bridgehead atoms. The first-order valence-electron chi connectivity index (χ1n) is 6.08. The summed E-state index contributed by atoms with van der Waals surface area (Å²) in [7, 11) is 0. The first-order valence-corrected chi connectivity index (χ1v) is 6.08. The molecule has 1 aliphatic carbocycles. The Kier molecular flexibility index (Phi) is 2.32. The second-order valence-electron chi connectivity index (χ2n) is 5.20. The molecule has 3 aliphatic rings. The third-order valence-corrected chi connectivity index (χ3v) is 4.00. The summed E-state index contributed by atoms with van der Waals surface area (Å²) >= 11 is 0. The molecule has 0 aromatic heterocycles. The molecule has 0 aromatic carbocycles. The van der Waals surface area contributed by atoms with Crippen molar-refractivity contribution in [1.82, 2.24) is 5.32 Å². The van der Waals surface area contributed by atoms with Crippen molar-refractivity contribution in [3.8, 4) is 0 Å². The maximum atomic E-state index is 5.95. The van der Waals surface area contributed by atoms with Gasteiger partial charge in [-0.05, 0) is 38.3 Å². The highest BCUT2D eigenvalue weighted by molar-refractivity contribution is 5.19. The number of hydrogen-bond donors (Lipinski definition) is 1. The van der Waals surface area contributed by atoms with Crippen LogP contribution in [-0.4, -0.2) is 19.7 Å². The Bertz CT molecular complexity index is 300. The van der Waals surface area contributed by atoms with Gasteiger partial charge in [-0.25, -0.2) is 0 Å². The van der Waals surface area contributed by atoms with Crippen molar-refractivity contribution in [2.24, 2.45) is 11.3 Å². The number of rotatable bonds is 0. The summed E-state index contributed by atoms with van der Waals surface area (Å²) in [5.74, 6) is 1.89. The molecule has 2 unspecified atom stereocenters. The minimum atomic E-state index is 0.436. The molecule has 1 N–H and O–H groups in total. The van der Waals surface area contributed by atoms with Gasteiger partial charge >= 0.3 is 0 Å². The fourth-order valence-corrected chi connectivity index (χ4v) is 3.15. The molecule has 2 atom stereocenters. The van der Waals surface area contributed by atoms with Crippen molar-refractivity contribution in [2.75, 3.05) is 19.7 Å². The summed E-state index contributed by atoms with van der Waals surface area (Å²) in [5.41, 5.74) is 0.436. The number of nitrogens with one attached hydrogen (secondary N) is 1. The first kappa shape index (κ1) is 9.46. The quantitative estimate of drug-likeness (QED) is 0.655. The number of piperidine rings is 1. The third kappa shape index (κ3) is 1.71. The van der Waals surface area contributed by atoms with Crippen LogP contribution in [0.15, 0.2) is 24.0 Å². The van der Waals surface area contributed by atoms with Gasteiger partial charge in [0.25, 0.3) is 0 Å². The lowest BCUT2D eigenvalue weighted by Gasteiger charge is -2.44. The Hall–Kier alpha value is -0.760. The summed E-state index contributed by atoms with van der Waals surface area (Å²) in [5, 5.41) is 3.52. The lowest BCUT2D eigenvalue weighted by Crippen LogP contribution is -2.47. The van der Waals surface area contributed by atoms with E-state index < -0.39 is 0 Å². The summed E-state index contributed by atoms with van der Waals surface area (Å²) in [6.07, 6.45) is 11.7. The zero-order valence-electron chi connectivity index (χ0n) is 9.17. The molecule has 2 nitrogen and oxygen atoms in total. The van der Waals surface area contributed by atoms with Crippen LogP contribution in [0.4, 0.5) is 0 Å². The summed E-state index contributed by atoms with van der Waals surface area (Å²) in [6.45, 7) is 3.27. The maximum absolute atomic E-state index is 5.95. The van der Waals surface area contributed by atoms with Crippen LogP contribution >= 0.6 is 0 Å². The van der Waals surface area contributed by atoms with E-state index in [1.165, 1.54) is 38.0 Å². The molecule has 15 heavy (non-hydrogen) atoms. The van der Waals surface area contributed by atoms with Crippen LogP contribution in [0.25, 0.3) is 0 Å². The summed E-state index contributed by atoms with van der Waals surface area (Å²) < 4.78 is 5.95. The predicted molar refractivity (Wildman–Crippen MR) is 60.4 cm³/mol. The van der Waals surface area contributed by atoms with Crippen LogP contribution in [0, 0.1) is 11.3 Å². The molecule has 1 spiro atoms. The number of ether oxygens (including phenoxy) is 1. The molecule has 3 rings (SSSR count). The Morgan fingerprint density at radius 3 is 3.33 bits per heavy atom. The van der Waals surface area contributed by atoms with Gasteiger partial charge in [-0.3, -0.25) is 0 Å². The Morgan fingerprint density at radius 2 is 2.47 bits per heavy atom. The van der Waals surface area contributed by atoms with E-state index in [-0.39, 0.29) is 0 Å². The molecule has 0 amide bonds. The number of hydrogen-bond acceptors (Lipinski definition) is 2. The normalized spacial score (nSPS) is 39.5. The Labute approximate surface area is 91.4 Å². The van der Waals surface area contributed by atoms with Gasteiger partial charge in [0, 0.05) is 17.9 Å². The monoisotopic (exact) mass is 205 g/mol. The van der Waals surface area contributed by atoms with Crippen molar-refractivity contribution in [1.29, 1.82) is 0 Å². The van der Waals surface area contributed by atoms with Crippen LogP contribution in [0.1, 0.15) is 25.7 Å². The van der Waals surface area contributed by atoms with Crippen LogP contribution in [0.2, 0.25) is 0 Å². The maximum Gasteiger partial charge on any atom is 0.0994 e. The third-order valence-electron chi connectivity index (χ3n) is 4.00. The molecule has 2 aliphatic heterocycles.